The first-order chi connectivity index (χ1) is 9.05. The highest BCUT2D eigenvalue weighted by Crippen LogP contribution is 2.12. The fraction of sp³-hybridized carbons (Fsp3) is 0.786. The summed E-state index contributed by atoms with van der Waals surface area (Å²) < 4.78 is 0. The molecule has 0 radical (unpaired) electrons. The minimum absolute atomic E-state index is 0.0478. The van der Waals surface area contributed by atoms with Gasteiger partial charge in [-0.25, -0.2) is 0 Å². The number of carbonyl (C=O) groups is 3. The van der Waals surface area contributed by atoms with E-state index in [1.807, 2.05) is 0 Å². The Morgan fingerprint density at radius 3 is 2.05 bits per heavy atom. The highest BCUT2D eigenvalue weighted by Gasteiger charge is 2.22. The molecule has 6 heteroatoms. The standard InChI is InChI=1S/C14H26N2O4/c1-9(2)10(12(18)19)8-16-11(17)6-7-15-13(20)14(3,4)5/h9-10H,6-8H2,1-5H3,(H,15,20)(H,16,17)(H,18,19). The SMILES string of the molecule is CC(C)C(CNC(=O)CCNC(=O)C(C)(C)C)C(=O)O. The third-order valence-electron chi connectivity index (χ3n) is 2.96. The van der Waals surface area contributed by atoms with E-state index < -0.39 is 17.3 Å². The molecule has 0 aromatic heterocycles. The van der Waals surface area contributed by atoms with Gasteiger partial charge in [-0.1, -0.05) is 34.6 Å². The molecule has 20 heavy (non-hydrogen) atoms. The molecule has 0 spiro atoms. The molecule has 116 valence electrons. The summed E-state index contributed by atoms with van der Waals surface area (Å²) in [7, 11) is 0. The Kier molecular flexibility index (Phi) is 7.24. The molecule has 0 fully saturated rings. The van der Waals surface area contributed by atoms with E-state index >= 15 is 0 Å². The van der Waals surface area contributed by atoms with Crippen molar-refractivity contribution in [3.8, 4) is 0 Å². The number of nitrogens with one attached hydrogen (secondary N) is 2. The fourth-order valence-electron chi connectivity index (χ4n) is 1.48. The zero-order chi connectivity index (χ0) is 15.9. The smallest absolute Gasteiger partial charge is 0.308 e. The summed E-state index contributed by atoms with van der Waals surface area (Å²) in [5.41, 5.74) is -0.484. The van der Waals surface area contributed by atoms with Crippen LogP contribution in [0.3, 0.4) is 0 Å². The van der Waals surface area contributed by atoms with Crippen LogP contribution in [0, 0.1) is 17.3 Å². The van der Waals surface area contributed by atoms with Crippen molar-refractivity contribution in [3.05, 3.63) is 0 Å². The van der Waals surface area contributed by atoms with Crippen LogP contribution in [0.15, 0.2) is 0 Å². The van der Waals surface area contributed by atoms with Gasteiger partial charge in [0.2, 0.25) is 11.8 Å². The van der Waals surface area contributed by atoms with Gasteiger partial charge >= 0.3 is 5.97 Å². The molecule has 3 N–H and O–H groups in total. The second kappa shape index (κ2) is 7.87. The largest absolute Gasteiger partial charge is 0.481 e. The molecule has 0 rings (SSSR count). The number of hydrogen-bond acceptors (Lipinski definition) is 3. The van der Waals surface area contributed by atoms with Gasteiger partial charge in [-0.2, -0.15) is 0 Å². The third-order valence-corrected chi connectivity index (χ3v) is 2.96. The van der Waals surface area contributed by atoms with E-state index in [9.17, 15) is 14.4 Å². The maximum absolute atomic E-state index is 11.6. The summed E-state index contributed by atoms with van der Waals surface area (Å²) in [4.78, 5) is 34.1. The molecule has 0 aliphatic heterocycles. The van der Waals surface area contributed by atoms with Crippen molar-refractivity contribution in [1.82, 2.24) is 10.6 Å². The topological polar surface area (TPSA) is 95.5 Å². The van der Waals surface area contributed by atoms with E-state index in [-0.39, 0.29) is 37.2 Å². The highest BCUT2D eigenvalue weighted by molar-refractivity contribution is 5.82. The first kappa shape index (κ1) is 18.4. The van der Waals surface area contributed by atoms with Gasteiger partial charge in [0.15, 0.2) is 0 Å². The maximum atomic E-state index is 11.6. The Bertz CT molecular complexity index is 359. The molecule has 0 aromatic carbocycles. The van der Waals surface area contributed by atoms with E-state index in [0.717, 1.165) is 0 Å². The number of carboxylic acids is 1. The average molecular weight is 286 g/mol. The first-order valence-electron chi connectivity index (χ1n) is 6.83. The van der Waals surface area contributed by atoms with Crippen molar-refractivity contribution in [1.29, 1.82) is 0 Å². The molecule has 1 unspecified atom stereocenters. The van der Waals surface area contributed by atoms with Crippen LogP contribution in [-0.2, 0) is 14.4 Å². The highest BCUT2D eigenvalue weighted by atomic mass is 16.4. The monoisotopic (exact) mass is 286 g/mol. The molecule has 0 saturated heterocycles. The minimum atomic E-state index is -0.915. The normalized spacial score (nSPS) is 12.9. The van der Waals surface area contributed by atoms with E-state index in [2.05, 4.69) is 10.6 Å². The molecule has 0 aliphatic carbocycles. The predicted molar refractivity (Wildman–Crippen MR) is 76.1 cm³/mol. The van der Waals surface area contributed by atoms with Crippen molar-refractivity contribution in [2.45, 2.75) is 41.0 Å². The van der Waals surface area contributed by atoms with Crippen molar-refractivity contribution in [2.75, 3.05) is 13.1 Å². The first-order valence-corrected chi connectivity index (χ1v) is 6.83. The minimum Gasteiger partial charge on any atom is -0.481 e. The predicted octanol–water partition coefficient (Wildman–Crippen LogP) is 1.01. The van der Waals surface area contributed by atoms with Crippen LogP contribution in [0.2, 0.25) is 0 Å². The number of rotatable bonds is 7. The Balaban J connectivity index is 4.01. The summed E-state index contributed by atoms with van der Waals surface area (Å²) >= 11 is 0. The number of aliphatic carboxylic acids is 1. The molecule has 1 atom stereocenters. The zero-order valence-electron chi connectivity index (χ0n) is 12.9. The van der Waals surface area contributed by atoms with E-state index in [4.69, 9.17) is 5.11 Å². The third kappa shape index (κ3) is 7.11. The quantitative estimate of drug-likeness (QED) is 0.651. The molecular formula is C14H26N2O4. The second-order valence-corrected chi connectivity index (χ2v) is 6.25. The van der Waals surface area contributed by atoms with Crippen LogP contribution in [0.25, 0.3) is 0 Å². The molecule has 6 nitrogen and oxygen atoms in total. The van der Waals surface area contributed by atoms with Crippen molar-refractivity contribution in [3.63, 3.8) is 0 Å². The molecule has 0 saturated carbocycles. The maximum Gasteiger partial charge on any atom is 0.308 e. The summed E-state index contributed by atoms with van der Waals surface area (Å²) in [5, 5.41) is 14.2. The second-order valence-electron chi connectivity index (χ2n) is 6.25. The van der Waals surface area contributed by atoms with Crippen molar-refractivity contribution >= 4 is 17.8 Å². The number of amides is 2. The van der Waals surface area contributed by atoms with Gasteiger partial charge in [-0.3, -0.25) is 14.4 Å². The average Bonchev–Trinajstić information content (AvgIpc) is 2.26. The summed E-state index contributed by atoms with van der Waals surface area (Å²) in [6.07, 6.45) is 0.145. The van der Waals surface area contributed by atoms with Crippen LogP contribution in [0.5, 0.6) is 0 Å². The fourth-order valence-corrected chi connectivity index (χ4v) is 1.48. The van der Waals surface area contributed by atoms with Crippen molar-refractivity contribution < 1.29 is 19.5 Å². The number of carbonyl (C=O) groups excluding carboxylic acids is 2. The molecule has 2 amide bonds. The molecule has 0 aromatic rings. The Morgan fingerprint density at radius 1 is 1.10 bits per heavy atom. The Hall–Kier alpha value is -1.59. The lowest BCUT2D eigenvalue weighted by molar-refractivity contribution is -0.143. The van der Waals surface area contributed by atoms with Gasteiger partial charge in [0.1, 0.15) is 0 Å². The van der Waals surface area contributed by atoms with Gasteiger partial charge in [0.05, 0.1) is 5.92 Å². The summed E-state index contributed by atoms with van der Waals surface area (Å²) in [6, 6.07) is 0. The summed E-state index contributed by atoms with van der Waals surface area (Å²) in [6.45, 7) is 9.34. The number of hydrogen-bond donors (Lipinski definition) is 3. The lowest BCUT2D eigenvalue weighted by Gasteiger charge is -2.18. The Morgan fingerprint density at radius 2 is 1.65 bits per heavy atom. The Labute approximate surface area is 120 Å². The van der Waals surface area contributed by atoms with Gasteiger partial charge in [-0.15, -0.1) is 0 Å². The molecule has 0 bridgehead atoms. The van der Waals surface area contributed by atoms with Crippen molar-refractivity contribution in [2.24, 2.45) is 17.3 Å². The van der Waals surface area contributed by atoms with Crippen LogP contribution in [-0.4, -0.2) is 36.0 Å². The van der Waals surface area contributed by atoms with Crippen LogP contribution < -0.4 is 10.6 Å². The van der Waals surface area contributed by atoms with Gasteiger partial charge in [0.25, 0.3) is 0 Å². The molecule has 0 aliphatic rings. The summed E-state index contributed by atoms with van der Waals surface area (Å²) in [5.74, 6) is -1.93. The van der Waals surface area contributed by atoms with E-state index in [1.54, 1.807) is 34.6 Å². The zero-order valence-corrected chi connectivity index (χ0v) is 12.9. The van der Waals surface area contributed by atoms with Gasteiger partial charge in [-0.05, 0) is 5.92 Å². The lowest BCUT2D eigenvalue weighted by Crippen LogP contribution is -2.39. The lowest BCUT2D eigenvalue weighted by atomic mass is 9.95. The number of carboxylic acid groups (broad SMARTS) is 1. The molecule has 0 heterocycles. The van der Waals surface area contributed by atoms with Gasteiger partial charge < -0.3 is 15.7 Å². The van der Waals surface area contributed by atoms with Crippen LogP contribution >= 0.6 is 0 Å². The van der Waals surface area contributed by atoms with E-state index in [1.165, 1.54) is 0 Å². The molecular weight excluding hydrogens is 260 g/mol. The van der Waals surface area contributed by atoms with Crippen LogP contribution in [0.4, 0.5) is 0 Å². The van der Waals surface area contributed by atoms with Gasteiger partial charge in [0, 0.05) is 24.9 Å². The van der Waals surface area contributed by atoms with Crippen LogP contribution in [0.1, 0.15) is 41.0 Å². The van der Waals surface area contributed by atoms with E-state index in [0.29, 0.717) is 0 Å².